The van der Waals surface area contributed by atoms with Crippen molar-refractivity contribution < 1.29 is 4.74 Å². The molecule has 1 aliphatic heterocycles. The van der Waals surface area contributed by atoms with E-state index in [0.717, 1.165) is 11.1 Å². The smallest absolute Gasteiger partial charge is 0.182 e. The van der Waals surface area contributed by atoms with Crippen molar-refractivity contribution in [3.8, 4) is 18.0 Å². The van der Waals surface area contributed by atoms with Crippen LogP contribution in [-0.2, 0) is 0 Å². The Kier molecular flexibility index (Phi) is 4.36. The minimum atomic E-state index is -0.401. The van der Waals surface area contributed by atoms with Crippen molar-refractivity contribution in [1.82, 2.24) is 10.3 Å². The number of amidine groups is 1. The van der Waals surface area contributed by atoms with Crippen LogP contribution < -0.4 is 10.1 Å². The van der Waals surface area contributed by atoms with Crippen molar-refractivity contribution >= 4 is 5.84 Å². The lowest BCUT2D eigenvalue weighted by Gasteiger charge is -2.36. The zero-order chi connectivity index (χ0) is 17.9. The topological polar surface area (TPSA) is 94.1 Å². The van der Waals surface area contributed by atoms with Crippen LogP contribution in [0.2, 0.25) is 0 Å². The molecule has 0 fully saturated rings. The lowest BCUT2D eigenvalue weighted by molar-refractivity contribution is 0.0732. The first-order valence-corrected chi connectivity index (χ1v) is 7.89. The van der Waals surface area contributed by atoms with Crippen LogP contribution in [0.5, 0.6) is 5.75 Å². The first-order chi connectivity index (χ1) is 12.0. The number of ether oxygens (including phenoxy) is 1. The van der Waals surface area contributed by atoms with Crippen molar-refractivity contribution in [2.75, 3.05) is 0 Å². The molecule has 0 saturated heterocycles. The van der Waals surface area contributed by atoms with Crippen LogP contribution in [0.1, 0.15) is 43.0 Å². The predicted molar refractivity (Wildman–Crippen MR) is 92.7 cm³/mol. The highest BCUT2D eigenvalue weighted by Gasteiger charge is 2.34. The number of nitrogens with zero attached hydrogens (tertiary/aromatic N) is 4. The van der Waals surface area contributed by atoms with E-state index in [1.807, 2.05) is 26.1 Å². The molecular weight excluding hydrogens is 314 g/mol. The highest BCUT2D eigenvalue weighted by molar-refractivity contribution is 5.99. The summed E-state index contributed by atoms with van der Waals surface area (Å²) in [6.07, 6.45) is 5.88. The minimum absolute atomic E-state index is 0.233. The molecule has 2 heterocycles. The summed E-state index contributed by atoms with van der Waals surface area (Å²) in [6, 6.07) is 10.9. The Balaban J connectivity index is 2.09. The first kappa shape index (κ1) is 16.5. The van der Waals surface area contributed by atoms with Crippen LogP contribution in [0.4, 0.5) is 0 Å². The quantitative estimate of drug-likeness (QED) is 0.395. The molecule has 0 spiro atoms. The molecule has 1 aliphatic rings. The van der Waals surface area contributed by atoms with Gasteiger partial charge in [-0.2, -0.15) is 10.5 Å². The number of benzene rings is 1. The van der Waals surface area contributed by atoms with E-state index in [4.69, 9.17) is 15.0 Å². The van der Waals surface area contributed by atoms with Gasteiger partial charge in [0.15, 0.2) is 6.19 Å². The van der Waals surface area contributed by atoms with Crippen molar-refractivity contribution in [3.05, 3.63) is 59.4 Å². The summed E-state index contributed by atoms with van der Waals surface area (Å²) in [5.41, 5.74) is 1.73. The molecule has 1 aromatic carbocycles. The van der Waals surface area contributed by atoms with Crippen molar-refractivity contribution in [3.63, 3.8) is 0 Å². The Bertz CT molecular complexity index is 890. The van der Waals surface area contributed by atoms with Crippen LogP contribution in [0.15, 0.2) is 47.7 Å². The van der Waals surface area contributed by atoms with Crippen LogP contribution in [0, 0.1) is 22.8 Å². The van der Waals surface area contributed by atoms with Crippen LogP contribution in [-0.4, -0.2) is 16.4 Å². The number of nitrogens with one attached hydrogen (secondary N) is 1. The van der Waals surface area contributed by atoms with Crippen molar-refractivity contribution in [1.29, 1.82) is 10.5 Å². The van der Waals surface area contributed by atoms with Gasteiger partial charge in [-0.15, -0.1) is 0 Å². The monoisotopic (exact) mass is 331 g/mol. The summed E-state index contributed by atoms with van der Waals surface area (Å²) < 4.78 is 6.02. The summed E-state index contributed by atoms with van der Waals surface area (Å²) in [5, 5.41) is 20.9. The van der Waals surface area contributed by atoms with E-state index in [2.05, 4.69) is 16.4 Å². The molecule has 0 saturated carbocycles. The fourth-order valence-corrected chi connectivity index (χ4v) is 2.89. The van der Waals surface area contributed by atoms with Gasteiger partial charge in [-0.05, 0) is 44.2 Å². The SMILES string of the molecule is CC1(C)CC(N=C(NC#N)c2cccnc2)c2cc(C#N)ccc2O1. The molecule has 2 aromatic rings. The average Bonchev–Trinajstić information content (AvgIpc) is 2.61. The van der Waals surface area contributed by atoms with Crippen molar-refractivity contribution in [2.45, 2.75) is 31.9 Å². The second-order valence-corrected chi connectivity index (χ2v) is 6.40. The maximum absolute atomic E-state index is 9.18. The summed E-state index contributed by atoms with van der Waals surface area (Å²) >= 11 is 0. The molecule has 0 amide bonds. The zero-order valence-corrected chi connectivity index (χ0v) is 14.0. The summed E-state index contributed by atoms with van der Waals surface area (Å²) in [4.78, 5) is 8.84. The third-order valence-corrected chi connectivity index (χ3v) is 3.96. The summed E-state index contributed by atoms with van der Waals surface area (Å²) in [5.74, 6) is 1.16. The second kappa shape index (κ2) is 6.62. The van der Waals surface area contributed by atoms with E-state index >= 15 is 0 Å². The summed E-state index contributed by atoms with van der Waals surface area (Å²) in [7, 11) is 0. The number of aromatic nitrogens is 1. The molecule has 124 valence electrons. The fraction of sp³-hybridized carbons (Fsp3) is 0.263. The van der Waals surface area contributed by atoms with Gasteiger partial charge in [0.1, 0.15) is 17.2 Å². The molecule has 0 radical (unpaired) electrons. The Morgan fingerprint density at radius 1 is 1.36 bits per heavy atom. The summed E-state index contributed by atoms with van der Waals surface area (Å²) in [6.45, 7) is 4.00. The highest BCUT2D eigenvalue weighted by Crippen LogP contribution is 2.42. The zero-order valence-electron chi connectivity index (χ0n) is 14.0. The van der Waals surface area contributed by atoms with Gasteiger partial charge in [-0.1, -0.05) is 0 Å². The van der Waals surface area contributed by atoms with Gasteiger partial charge < -0.3 is 4.74 Å². The van der Waals surface area contributed by atoms with Gasteiger partial charge in [0, 0.05) is 29.9 Å². The second-order valence-electron chi connectivity index (χ2n) is 6.40. The molecule has 6 heteroatoms. The number of aliphatic imine (C=N–C) groups is 1. The maximum atomic E-state index is 9.18. The molecule has 1 aromatic heterocycles. The Morgan fingerprint density at radius 3 is 2.88 bits per heavy atom. The molecular formula is C19H17N5O. The number of rotatable bonds is 2. The number of hydrogen-bond acceptors (Lipinski definition) is 5. The molecule has 1 atom stereocenters. The highest BCUT2D eigenvalue weighted by atomic mass is 16.5. The van der Waals surface area contributed by atoms with Gasteiger partial charge >= 0.3 is 0 Å². The largest absolute Gasteiger partial charge is 0.487 e. The molecule has 0 bridgehead atoms. The Hall–Kier alpha value is -3.38. The lowest BCUT2D eigenvalue weighted by atomic mass is 9.89. The normalized spacial score (nSPS) is 18.2. The van der Waals surface area contributed by atoms with E-state index in [0.29, 0.717) is 23.6 Å². The first-order valence-electron chi connectivity index (χ1n) is 7.89. The van der Waals surface area contributed by atoms with Gasteiger partial charge in [0.05, 0.1) is 17.7 Å². The van der Waals surface area contributed by atoms with Crippen LogP contribution in [0.25, 0.3) is 0 Å². The number of fused-ring (bicyclic) bond motifs is 1. The van der Waals surface area contributed by atoms with E-state index in [1.165, 1.54) is 0 Å². The lowest BCUT2D eigenvalue weighted by Crippen LogP contribution is -2.35. The van der Waals surface area contributed by atoms with Gasteiger partial charge in [-0.3, -0.25) is 15.3 Å². The van der Waals surface area contributed by atoms with Gasteiger partial charge in [-0.25, -0.2) is 0 Å². The van der Waals surface area contributed by atoms with E-state index < -0.39 is 5.60 Å². The molecule has 1 unspecified atom stereocenters. The van der Waals surface area contributed by atoms with E-state index in [1.54, 1.807) is 36.7 Å². The van der Waals surface area contributed by atoms with Crippen LogP contribution in [0.3, 0.4) is 0 Å². The Labute approximate surface area is 146 Å². The van der Waals surface area contributed by atoms with E-state index in [9.17, 15) is 5.26 Å². The molecule has 3 rings (SSSR count). The van der Waals surface area contributed by atoms with Gasteiger partial charge in [0.2, 0.25) is 0 Å². The minimum Gasteiger partial charge on any atom is -0.487 e. The Morgan fingerprint density at radius 2 is 2.20 bits per heavy atom. The number of nitriles is 2. The number of pyridine rings is 1. The molecule has 25 heavy (non-hydrogen) atoms. The maximum Gasteiger partial charge on any atom is 0.182 e. The van der Waals surface area contributed by atoms with Gasteiger partial charge in [0.25, 0.3) is 0 Å². The number of hydrogen-bond donors (Lipinski definition) is 1. The van der Waals surface area contributed by atoms with Crippen molar-refractivity contribution in [2.24, 2.45) is 4.99 Å². The molecule has 6 nitrogen and oxygen atoms in total. The third kappa shape index (κ3) is 3.59. The van der Waals surface area contributed by atoms with Crippen LogP contribution >= 0.6 is 0 Å². The van der Waals surface area contributed by atoms with E-state index in [-0.39, 0.29) is 6.04 Å². The standard InChI is InChI=1S/C19H17N5O/c1-19(2)9-16(15-8-13(10-20)5-6-17(15)25-19)24-18(23-12-21)14-4-3-7-22-11-14/h3-8,11,16H,9H2,1-2H3,(H,23,24). The third-order valence-electron chi connectivity index (χ3n) is 3.96. The fourth-order valence-electron chi connectivity index (χ4n) is 2.89. The average molecular weight is 331 g/mol. The molecule has 1 N–H and O–H groups in total. The molecule has 0 aliphatic carbocycles. The predicted octanol–water partition coefficient (Wildman–Crippen LogP) is 3.07.